The van der Waals surface area contributed by atoms with Crippen LogP contribution in [0.3, 0.4) is 0 Å². The largest absolute Gasteiger partial charge is 0.490 e. The molecule has 2 aliphatic rings. The first-order chi connectivity index (χ1) is 8.33. The first-order valence-corrected chi connectivity index (χ1v) is 6.34. The molecule has 0 bridgehead atoms. The molecule has 4 heteroatoms. The number of rotatable bonds is 0. The van der Waals surface area contributed by atoms with Crippen LogP contribution in [0, 0.1) is 5.41 Å². The Morgan fingerprint density at radius 3 is 2.56 bits per heavy atom. The lowest BCUT2D eigenvalue weighted by molar-refractivity contribution is -0.165. The van der Waals surface area contributed by atoms with Gasteiger partial charge in [-0.3, -0.25) is 0 Å². The molecule has 2 aliphatic heterocycles. The fourth-order valence-corrected chi connectivity index (χ4v) is 2.40. The van der Waals surface area contributed by atoms with Crippen LogP contribution in [0.4, 0.5) is 5.82 Å². The van der Waals surface area contributed by atoms with E-state index >= 15 is 0 Å². The number of aliphatic imine (C=N–C) groups is 1. The van der Waals surface area contributed by atoms with Crippen LogP contribution in [-0.4, -0.2) is 16.8 Å². The van der Waals surface area contributed by atoms with E-state index in [-0.39, 0.29) is 11.0 Å². The Bertz CT molecular complexity index is 600. The lowest BCUT2D eigenvalue weighted by Crippen LogP contribution is -2.54. The predicted molar refractivity (Wildman–Crippen MR) is 73.3 cm³/mol. The third kappa shape index (κ3) is 1.37. The smallest absolute Gasteiger partial charge is 0.160 e. The van der Waals surface area contributed by atoms with E-state index in [1.165, 1.54) is 0 Å². The summed E-state index contributed by atoms with van der Waals surface area (Å²) >= 11 is 6.00. The van der Waals surface area contributed by atoms with Crippen LogP contribution in [0.2, 0.25) is 5.02 Å². The van der Waals surface area contributed by atoms with Crippen LogP contribution in [0.25, 0.3) is 5.57 Å². The van der Waals surface area contributed by atoms with E-state index < -0.39 is 0 Å². The van der Waals surface area contributed by atoms with Gasteiger partial charge in [-0.05, 0) is 33.8 Å². The predicted octanol–water partition coefficient (Wildman–Crippen LogP) is 4.00. The van der Waals surface area contributed by atoms with E-state index in [0.717, 1.165) is 16.9 Å². The first kappa shape index (κ1) is 11.7. The van der Waals surface area contributed by atoms with E-state index in [4.69, 9.17) is 16.3 Å². The van der Waals surface area contributed by atoms with Crippen LogP contribution in [0.1, 0.15) is 33.3 Å². The van der Waals surface area contributed by atoms with Gasteiger partial charge in [0.2, 0.25) is 0 Å². The maximum Gasteiger partial charge on any atom is 0.160 e. The van der Waals surface area contributed by atoms with Crippen LogP contribution >= 0.6 is 11.6 Å². The number of hydrogen-bond donors (Lipinski definition) is 0. The van der Waals surface area contributed by atoms with Crippen molar-refractivity contribution in [2.75, 3.05) is 0 Å². The van der Waals surface area contributed by atoms with E-state index in [1.54, 1.807) is 6.20 Å². The average Bonchev–Trinajstić information content (AvgIpc) is 2.68. The summed E-state index contributed by atoms with van der Waals surface area (Å²) < 4.78 is 5.94. The first-order valence-electron chi connectivity index (χ1n) is 5.97. The van der Waals surface area contributed by atoms with E-state index in [9.17, 15) is 0 Å². The molecule has 3 rings (SSSR count). The maximum absolute atomic E-state index is 6.00. The molecule has 3 nitrogen and oxygen atoms in total. The number of allylic oxidation sites excluding steroid dienone is 1. The summed E-state index contributed by atoms with van der Waals surface area (Å²) in [6.07, 6.45) is 3.43. The monoisotopic (exact) mass is 262 g/mol. The molecule has 0 amide bonds. The molecule has 1 fully saturated rings. The topological polar surface area (TPSA) is 34.5 Å². The van der Waals surface area contributed by atoms with Gasteiger partial charge in [0, 0.05) is 23.5 Å². The third-order valence-corrected chi connectivity index (χ3v) is 4.32. The van der Waals surface area contributed by atoms with Crippen LogP contribution in [0.15, 0.2) is 23.0 Å². The zero-order valence-electron chi connectivity index (χ0n) is 10.9. The summed E-state index contributed by atoms with van der Waals surface area (Å²) in [7, 11) is 0. The van der Waals surface area contributed by atoms with Crippen molar-refractivity contribution >= 4 is 29.2 Å². The van der Waals surface area contributed by atoms with Crippen LogP contribution in [0.5, 0.6) is 0 Å². The van der Waals surface area contributed by atoms with Crippen LogP contribution in [-0.2, 0) is 4.74 Å². The summed E-state index contributed by atoms with van der Waals surface area (Å²) in [6.45, 7) is 8.56. The Hall–Kier alpha value is -1.35. The van der Waals surface area contributed by atoms with Gasteiger partial charge in [0.15, 0.2) is 5.82 Å². The van der Waals surface area contributed by atoms with Gasteiger partial charge in [0.05, 0.1) is 10.4 Å². The minimum Gasteiger partial charge on any atom is -0.490 e. The number of pyridine rings is 1. The van der Waals surface area contributed by atoms with Gasteiger partial charge in [-0.1, -0.05) is 11.6 Å². The molecule has 0 N–H and O–H groups in total. The highest BCUT2D eigenvalue weighted by Gasteiger charge is 2.55. The molecule has 0 atom stereocenters. The highest BCUT2D eigenvalue weighted by atomic mass is 35.5. The molecule has 0 spiro atoms. The number of aromatic nitrogens is 1. The normalized spacial score (nSPS) is 26.5. The molecule has 1 aromatic rings. The quantitative estimate of drug-likeness (QED) is 0.708. The van der Waals surface area contributed by atoms with Crippen molar-refractivity contribution in [3.63, 3.8) is 0 Å². The zero-order valence-corrected chi connectivity index (χ0v) is 11.7. The van der Waals surface area contributed by atoms with E-state index in [2.05, 4.69) is 37.7 Å². The van der Waals surface area contributed by atoms with Crippen LogP contribution < -0.4 is 0 Å². The number of halogens is 1. The van der Waals surface area contributed by atoms with Crippen molar-refractivity contribution in [3.05, 3.63) is 28.6 Å². The maximum atomic E-state index is 6.00. The average molecular weight is 263 g/mol. The molecule has 0 saturated carbocycles. The standard InChI is InChI=1S/C14H15ClN2O/c1-13(2)11(18-14(13,3)4)10-7-17-12-9(10)5-8(15)6-16-12/h5-7H,1-4H3. The summed E-state index contributed by atoms with van der Waals surface area (Å²) in [5.74, 6) is 1.69. The van der Waals surface area contributed by atoms with Crippen molar-refractivity contribution in [1.29, 1.82) is 0 Å². The highest BCUT2D eigenvalue weighted by Crippen LogP contribution is 2.55. The summed E-state index contributed by atoms with van der Waals surface area (Å²) in [5, 5.41) is 0.619. The molecule has 0 aliphatic carbocycles. The third-order valence-electron chi connectivity index (χ3n) is 4.11. The summed E-state index contributed by atoms with van der Waals surface area (Å²) in [6, 6.07) is 1.89. The Morgan fingerprint density at radius 2 is 1.94 bits per heavy atom. The van der Waals surface area contributed by atoms with Gasteiger partial charge >= 0.3 is 0 Å². The second-order valence-corrected chi connectivity index (χ2v) is 6.20. The number of nitrogens with zero attached hydrogens (tertiary/aromatic N) is 2. The minimum atomic E-state index is -0.155. The van der Waals surface area contributed by atoms with Gasteiger partial charge < -0.3 is 4.74 Å². The van der Waals surface area contributed by atoms with Crippen molar-refractivity contribution in [2.45, 2.75) is 33.3 Å². The SMILES string of the molecule is CC1(C)OC(=C2C=Nc3ncc(Cl)cc32)C1(C)C. The second kappa shape index (κ2) is 3.35. The van der Waals surface area contributed by atoms with Gasteiger partial charge in [0.25, 0.3) is 0 Å². The Kier molecular flexibility index (Phi) is 2.18. The fourth-order valence-electron chi connectivity index (χ4n) is 2.24. The molecule has 0 radical (unpaired) electrons. The number of ether oxygens (including phenoxy) is 1. The number of hydrogen-bond acceptors (Lipinski definition) is 3. The number of fused-ring (bicyclic) bond motifs is 1. The Balaban J connectivity index is 2.14. The summed E-state index contributed by atoms with van der Waals surface area (Å²) in [4.78, 5) is 8.52. The molecular weight excluding hydrogens is 248 g/mol. The highest BCUT2D eigenvalue weighted by molar-refractivity contribution is 6.31. The molecule has 0 unspecified atom stereocenters. The molecule has 1 saturated heterocycles. The van der Waals surface area contributed by atoms with Gasteiger partial charge in [-0.25, -0.2) is 9.98 Å². The Labute approximate surface area is 112 Å². The second-order valence-electron chi connectivity index (χ2n) is 5.76. The molecular formula is C14H15ClN2O. The fraction of sp³-hybridized carbons (Fsp3) is 0.429. The lowest BCUT2D eigenvalue weighted by Gasteiger charge is -2.54. The molecule has 94 valence electrons. The minimum absolute atomic E-state index is 0.0156. The van der Waals surface area contributed by atoms with Crippen molar-refractivity contribution in [1.82, 2.24) is 4.98 Å². The van der Waals surface area contributed by atoms with Crippen molar-refractivity contribution in [3.8, 4) is 0 Å². The molecule has 1 aromatic heterocycles. The van der Waals surface area contributed by atoms with Crippen molar-refractivity contribution < 1.29 is 4.74 Å². The lowest BCUT2D eigenvalue weighted by atomic mass is 9.68. The Morgan fingerprint density at radius 1 is 1.22 bits per heavy atom. The van der Waals surface area contributed by atoms with Gasteiger partial charge in [0.1, 0.15) is 11.4 Å². The molecule has 3 heterocycles. The molecule has 18 heavy (non-hydrogen) atoms. The van der Waals surface area contributed by atoms with Gasteiger partial charge in [-0.15, -0.1) is 0 Å². The van der Waals surface area contributed by atoms with E-state index in [0.29, 0.717) is 10.8 Å². The summed E-state index contributed by atoms with van der Waals surface area (Å²) in [5.41, 5.74) is 1.79. The van der Waals surface area contributed by atoms with Crippen molar-refractivity contribution in [2.24, 2.45) is 10.4 Å². The molecule has 0 aromatic carbocycles. The van der Waals surface area contributed by atoms with Gasteiger partial charge in [-0.2, -0.15) is 0 Å². The zero-order chi connectivity index (χ0) is 13.1. The van der Waals surface area contributed by atoms with E-state index in [1.807, 2.05) is 12.3 Å².